The molecule has 6 nitrogen and oxygen atoms in total. The third-order valence-electron chi connectivity index (χ3n) is 5.30. The zero-order valence-electron chi connectivity index (χ0n) is 17.8. The van der Waals surface area contributed by atoms with Crippen LogP contribution in [0.2, 0.25) is 0 Å². The highest BCUT2D eigenvalue weighted by atomic mass is 16.5. The Hall–Kier alpha value is -3.51. The molecule has 6 heteroatoms. The van der Waals surface area contributed by atoms with Gasteiger partial charge in [-0.15, -0.1) is 0 Å². The van der Waals surface area contributed by atoms with Gasteiger partial charge in [0.05, 0.1) is 26.5 Å². The number of anilines is 1. The van der Waals surface area contributed by atoms with E-state index in [9.17, 15) is 4.79 Å². The summed E-state index contributed by atoms with van der Waals surface area (Å²) in [6, 6.07) is 21.0. The second kappa shape index (κ2) is 9.53. The van der Waals surface area contributed by atoms with Crippen molar-refractivity contribution >= 4 is 11.6 Å². The van der Waals surface area contributed by atoms with Crippen molar-refractivity contribution in [2.75, 3.05) is 32.6 Å². The molecule has 0 radical (unpaired) electrons. The van der Waals surface area contributed by atoms with Crippen LogP contribution >= 0.6 is 0 Å². The number of rotatable bonds is 7. The van der Waals surface area contributed by atoms with Gasteiger partial charge in [-0.1, -0.05) is 30.3 Å². The molecular formula is C25H26N2O4. The lowest BCUT2D eigenvalue weighted by molar-refractivity contribution is -0.117. The number of methoxy groups -OCH3 is 2. The van der Waals surface area contributed by atoms with Crippen LogP contribution in [-0.4, -0.2) is 38.1 Å². The molecule has 3 aromatic rings. The van der Waals surface area contributed by atoms with E-state index in [4.69, 9.17) is 14.2 Å². The molecule has 0 aromatic heterocycles. The smallest absolute Gasteiger partial charge is 0.238 e. The summed E-state index contributed by atoms with van der Waals surface area (Å²) >= 11 is 0. The summed E-state index contributed by atoms with van der Waals surface area (Å²) in [6.45, 7) is 1.79. The molecule has 0 bridgehead atoms. The molecule has 1 aliphatic rings. The predicted octanol–water partition coefficient (Wildman–Crippen LogP) is 4.49. The quantitative estimate of drug-likeness (QED) is 0.613. The fourth-order valence-electron chi connectivity index (χ4n) is 3.74. The Balaban J connectivity index is 1.41. The van der Waals surface area contributed by atoms with Crippen LogP contribution in [0.4, 0.5) is 5.69 Å². The van der Waals surface area contributed by atoms with Gasteiger partial charge < -0.3 is 19.5 Å². The second-order valence-corrected chi connectivity index (χ2v) is 7.40. The SMILES string of the molecule is COc1cc2c(cc1OC)CN(CC(=O)Nc1ccccc1Oc1ccccc1)CC2. The second-order valence-electron chi connectivity index (χ2n) is 7.40. The number of carbonyl (C=O) groups is 1. The average molecular weight is 418 g/mol. The first-order chi connectivity index (χ1) is 15.2. The molecule has 0 saturated carbocycles. The van der Waals surface area contributed by atoms with Gasteiger partial charge in [0.2, 0.25) is 5.91 Å². The highest BCUT2D eigenvalue weighted by molar-refractivity contribution is 5.93. The number of hydrogen-bond donors (Lipinski definition) is 1. The van der Waals surface area contributed by atoms with Crippen LogP contribution < -0.4 is 19.5 Å². The van der Waals surface area contributed by atoms with Crippen LogP contribution in [0.25, 0.3) is 0 Å². The van der Waals surface area contributed by atoms with E-state index in [1.54, 1.807) is 14.2 Å². The lowest BCUT2D eigenvalue weighted by atomic mass is 9.99. The lowest BCUT2D eigenvalue weighted by Gasteiger charge is -2.29. The molecule has 0 fully saturated rings. The van der Waals surface area contributed by atoms with Gasteiger partial charge in [0, 0.05) is 13.1 Å². The number of nitrogens with zero attached hydrogens (tertiary/aromatic N) is 1. The molecule has 0 atom stereocenters. The van der Waals surface area contributed by atoms with E-state index in [0.717, 1.165) is 30.0 Å². The summed E-state index contributed by atoms with van der Waals surface area (Å²) in [5.74, 6) is 2.71. The highest BCUT2D eigenvalue weighted by Gasteiger charge is 2.21. The molecule has 0 unspecified atom stereocenters. The van der Waals surface area contributed by atoms with Gasteiger partial charge in [-0.3, -0.25) is 9.69 Å². The summed E-state index contributed by atoms with van der Waals surface area (Å²) in [6.07, 6.45) is 0.858. The van der Waals surface area contributed by atoms with Crippen molar-refractivity contribution in [1.82, 2.24) is 4.90 Å². The molecule has 0 spiro atoms. The summed E-state index contributed by atoms with van der Waals surface area (Å²) in [4.78, 5) is 14.9. The number of amides is 1. The predicted molar refractivity (Wildman–Crippen MR) is 120 cm³/mol. The van der Waals surface area contributed by atoms with Gasteiger partial charge in [-0.2, -0.15) is 0 Å². The van der Waals surface area contributed by atoms with Crippen LogP contribution in [0, 0.1) is 0 Å². The highest BCUT2D eigenvalue weighted by Crippen LogP contribution is 2.33. The molecule has 160 valence electrons. The van der Waals surface area contributed by atoms with Crippen LogP contribution in [-0.2, 0) is 17.8 Å². The number of benzene rings is 3. The zero-order chi connectivity index (χ0) is 21.6. The molecule has 31 heavy (non-hydrogen) atoms. The topological polar surface area (TPSA) is 60.0 Å². The number of fused-ring (bicyclic) bond motifs is 1. The number of para-hydroxylation sites is 3. The van der Waals surface area contributed by atoms with Crippen LogP contribution in [0.5, 0.6) is 23.0 Å². The molecular weight excluding hydrogens is 392 g/mol. The lowest BCUT2D eigenvalue weighted by Crippen LogP contribution is -2.37. The first-order valence-electron chi connectivity index (χ1n) is 10.2. The Kier molecular flexibility index (Phi) is 6.38. The van der Waals surface area contributed by atoms with Crippen LogP contribution in [0.1, 0.15) is 11.1 Å². The minimum Gasteiger partial charge on any atom is -0.493 e. The monoisotopic (exact) mass is 418 g/mol. The fourth-order valence-corrected chi connectivity index (χ4v) is 3.74. The maximum Gasteiger partial charge on any atom is 0.238 e. The number of hydrogen-bond acceptors (Lipinski definition) is 5. The first kappa shape index (κ1) is 20.8. The number of carbonyl (C=O) groups excluding carboxylic acids is 1. The van der Waals surface area contributed by atoms with E-state index in [-0.39, 0.29) is 5.91 Å². The van der Waals surface area contributed by atoms with E-state index in [1.165, 1.54) is 5.56 Å². The van der Waals surface area contributed by atoms with Crippen molar-refractivity contribution in [2.45, 2.75) is 13.0 Å². The third kappa shape index (κ3) is 4.98. The average Bonchev–Trinajstić information content (AvgIpc) is 2.80. The van der Waals surface area contributed by atoms with Crippen molar-refractivity contribution in [3.63, 3.8) is 0 Å². The van der Waals surface area contributed by atoms with E-state index >= 15 is 0 Å². The van der Waals surface area contributed by atoms with E-state index in [0.29, 0.717) is 30.3 Å². The van der Waals surface area contributed by atoms with E-state index in [1.807, 2.05) is 66.7 Å². The first-order valence-corrected chi connectivity index (χ1v) is 10.2. The molecule has 1 aliphatic heterocycles. The van der Waals surface area contributed by atoms with Crippen LogP contribution in [0.15, 0.2) is 66.7 Å². The molecule has 1 N–H and O–H groups in total. The Morgan fingerprint density at radius 2 is 1.58 bits per heavy atom. The summed E-state index contributed by atoms with van der Waals surface area (Å²) in [5.41, 5.74) is 3.04. The van der Waals surface area contributed by atoms with Crippen molar-refractivity contribution in [3.8, 4) is 23.0 Å². The maximum absolute atomic E-state index is 12.8. The molecule has 1 amide bonds. The summed E-state index contributed by atoms with van der Waals surface area (Å²) in [5, 5.41) is 2.99. The van der Waals surface area contributed by atoms with Gasteiger partial charge in [-0.25, -0.2) is 0 Å². The number of ether oxygens (including phenoxy) is 3. The van der Waals surface area contributed by atoms with Crippen LogP contribution in [0.3, 0.4) is 0 Å². The summed E-state index contributed by atoms with van der Waals surface area (Å²) in [7, 11) is 3.27. The van der Waals surface area contributed by atoms with Gasteiger partial charge in [-0.05, 0) is 53.9 Å². The molecule has 1 heterocycles. The van der Waals surface area contributed by atoms with Gasteiger partial charge in [0.25, 0.3) is 0 Å². The Labute approximate surface area is 182 Å². The van der Waals surface area contributed by atoms with Gasteiger partial charge >= 0.3 is 0 Å². The largest absolute Gasteiger partial charge is 0.493 e. The maximum atomic E-state index is 12.8. The molecule has 4 rings (SSSR count). The van der Waals surface area contributed by atoms with Crippen molar-refractivity contribution in [3.05, 3.63) is 77.9 Å². The van der Waals surface area contributed by atoms with Crippen molar-refractivity contribution in [1.29, 1.82) is 0 Å². The van der Waals surface area contributed by atoms with Crippen molar-refractivity contribution in [2.24, 2.45) is 0 Å². The summed E-state index contributed by atoms with van der Waals surface area (Å²) < 4.78 is 16.8. The van der Waals surface area contributed by atoms with Gasteiger partial charge in [0.1, 0.15) is 5.75 Å². The van der Waals surface area contributed by atoms with Crippen molar-refractivity contribution < 1.29 is 19.0 Å². The molecule has 0 saturated heterocycles. The Bertz CT molecular complexity index is 1050. The minimum atomic E-state index is -0.0759. The Morgan fingerprint density at radius 3 is 2.32 bits per heavy atom. The normalized spacial score (nSPS) is 13.2. The Morgan fingerprint density at radius 1 is 0.903 bits per heavy atom. The van der Waals surface area contributed by atoms with Gasteiger partial charge in [0.15, 0.2) is 17.2 Å². The third-order valence-corrected chi connectivity index (χ3v) is 5.30. The molecule has 3 aromatic carbocycles. The zero-order valence-corrected chi connectivity index (χ0v) is 17.8. The van der Waals surface area contributed by atoms with E-state index < -0.39 is 0 Å². The van der Waals surface area contributed by atoms with E-state index in [2.05, 4.69) is 10.2 Å². The number of nitrogens with one attached hydrogen (secondary N) is 1. The minimum absolute atomic E-state index is 0.0759. The molecule has 0 aliphatic carbocycles. The standard InChI is InChI=1S/C25H26N2O4/c1-29-23-14-18-12-13-27(16-19(18)15-24(23)30-2)17-25(28)26-21-10-6-7-11-22(21)31-20-8-4-3-5-9-20/h3-11,14-15H,12-13,16-17H2,1-2H3,(H,26,28). The fraction of sp³-hybridized carbons (Fsp3) is 0.240.